The largest absolute Gasteiger partial charge is 0.488 e. The van der Waals surface area contributed by atoms with Crippen LogP contribution in [0.5, 0.6) is 5.75 Å². The quantitative estimate of drug-likeness (QED) is 0.718. The van der Waals surface area contributed by atoms with Gasteiger partial charge < -0.3 is 10.5 Å². The van der Waals surface area contributed by atoms with E-state index in [2.05, 4.69) is 0 Å². The lowest BCUT2D eigenvalue weighted by molar-refractivity contribution is 0.241. The number of rotatable bonds is 1. The summed E-state index contributed by atoms with van der Waals surface area (Å²) in [5.74, 6) is 0.926. The van der Waals surface area contributed by atoms with E-state index in [-0.39, 0.29) is 6.10 Å². The van der Waals surface area contributed by atoms with Crippen molar-refractivity contribution < 1.29 is 4.74 Å². The van der Waals surface area contributed by atoms with Gasteiger partial charge in [-0.15, -0.1) is 0 Å². The zero-order chi connectivity index (χ0) is 8.55. The summed E-state index contributed by atoms with van der Waals surface area (Å²) in [5.41, 5.74) is 6.66. The Kier molecular flexibility index (Phi) is 1.95. The Morgan fingerprint density at radius 1 is 1.58 bits per heavy atom. The lowest BCUT2D eigenvalue weighted by Crippen LogP contribution is -2.24. The Bertz CT molecular complexity index is 301. The van der Waals surface area contributed by atoms with Crippen molar-refractivity contribution in [3.05, 3.63) is 28.8 Å². The lowest BCUT2D eigenvalue weighted by Gasteiger charge is -2.05. The number of fused-ring (bicyclic) bond motifs is 1. The van der Waals surface area contributed by atoms with E-state index in [0.717, 1.165) is 22.8 Å². The summed E-state index contributed by atoms with van der Waals surface area (Å²) >= 11 is 5.83. The number of hydrogen-bond acceptors (Lipinski definition) is 2. The van der Waals surface area contributed by atoms with Crippen LogP contribution in [0.3, 0.4) is 0 Å². The second-order valence-corrected chi connectivity index (χ2v) is 3.37. The van der Waals surface area contributed by atoms with Crippen molar-refractivity contribution in [3.63, 3.8) is 0 Å². The number of hydrogen-bond donors (Lipinski definition) is 1. The Morgan fingerprint density at radius 2 is 2.42 bits per heavy atom. The number of halogens is 1. The van der Waals surface area contributed by atoms with E-state index >= 15 is 0 Å². The molecule has 1 aromatic rings. The minimum absolute atomic E-state index is 0.137. The molecule has 64 valence electrons. The summed E-state index contributed by atoms with van der Waals surface area (Å²) in [4.78, 5) is 0. The van der Waals surface area contributed by atoms with Crippen LogP contribution < -0.4 is 10.5 Å². The molecule has 0 saturated heterocycles. The Balaban J connectivity index is 2.30. The van der Waals surface area contributed by atoms with Crippen LogP contribution in [0.25, 0.3) is 0 Å². The van der Waals surface area contributed by atoms with Crippen LogP contribution in [0.1, 0.15) is 5.56 Å². The summed E-state index contributed by atoms with van der Waals surface area (Å²) < 4.78 is 5.53. The summed E-state index contributed by atoms with van der Waals surface area (Å²) in [6.45, 7) is 0.562. The molecule has 0 saturated carbocycles. The normalized spacial score (nSPS) is 20.3. The first-order chi connectivity index (χ1) is 5.79. The van der Waals surface area contributed by atoms with Gasteiger partial charge >= 0.3 is 0 Å². The van der Waals surface area contributed by atoms with Gasteiger partial charge in [0.1, 0.15) is 11.9 Å². The van der Waals surface area contributed by atoms with Crippen molar-refractivity contribution in [1.29, 1.82) is 0 Å². The fourth-order valence-electron chi connectivity index (χ4n) is 1.42. The first-order valence-corrected chi connectivity index (χ1v) is 4.32. The molecule has 0 amide bonds. The molecule has 1 aliphatic rings. The van der Waals surface area contributed by atoms with Crippen LogP contribution in [-0.2, 0) is 6.42 Å². The van der Waals surface area contributed by atoms with E-state index in [4.69, 9.17) is 22.1 Å². The fraction of sp³-hybridized carbons (Fsp3) is 0.333. The van der Waals surface area contributed by atoms with Crippen LogP contribution in [-0.4, -0.2) is 12.6 Å². The smallest absolute Gasteiger partial charge is 0.123 e. The Labute approximate surface area is 76.3 Å². The van der Waals surface area contributed by atoms with Crippen molar-refractivity contribution in [2.75, 3.05) is 6.54 Å². The third-order valence-electron chi connectivity index (χ3n) is 2.03. The van der Waals surface area contributed by atoms with E-state index < -0.39 is 0 Å². The molecule has 2 N–H and O–H groups in total. The predicted molar refractivity (Wildman–Crippen MR) is 48.6 cm³/mol. The monoisotopic (exact) mass is 183 g/mol. The molecule has 0 aliphatic carbocycles. The molecule has 12 heavy (non-hydrogen) atoms. The molecule has 1 atom stereocenters. The highest BCUT2D eigenvalue weighted by Crippen LogP contribution is 2.30. The van der Waals surface area contributed by atoms with Gasteiger partial charge in [-0.3, -0.25) is 0 Å². The molecule has 1 aromatic carbocycles. The number of benzene rings is 1. The molecule has 2 nitrogen and oxygen atoms in total. The van der Waals surface area contributed by atoms with Crippen molar-refractivity contribution >= 4 is 11.6 Å². The van der Waals surface area contributed by atoms with Gasteiger partial charge in [0.15, 0.2) is 0 Å². The molecule has 0 unspecified atom stereocenters. The van der Waals surface area contributed by atoms with Gasteiger partial charge in [-0.1, -0.05) is 11.6 Å². The Morgan fingerprint density at radius 3 is 3.17 bits per heavy atom. The highest BCUT2D eigenvalue weighted by molar-refractivity contribution is 6.30. The van der Waals surface area contributed by atoms with Crippen LogP contribution in [0.2, 0.25) is 5.02 Å². The average Bonchev–Trinajstić information content (AvgIpc) is 2.46. The minimum Gasteiger partial charge on any atom is -0.488 e. The standard InChI is InChI=1S/C9H10ClNO/c10-7-1-2-9-6(3-7)4-8(5-11)12-9/h1-3,8H,4-5,11H2/t8-/m0/s1. The lowest BCUT2D eigenvalue weighted by atomic mass is 10.1. The van der Waals surface area contributed by atoms with Crippen molar-refractivity contribution in [1.82, 2.24) is 0 Å². The van der Waals surface area contributed by atoms with E-state index in [0.29, 0.717) is 6.54 Å². The van der Waals surface area contributed by atoms with Crippen LogP contribution in [0.4, 0.5) is 0 Å². The first kappa shape index (κ1) is 7.90. The van der Waals surface area contributed by atoms with Crippen LogP contribution in [0.15, 0.2) is 18.2 Å². The van der Waals surface area contributed by atoms with E-state index in [1.165, 1.54) is 0 Å². The second kappa shape index (κ2) is 2.96. The maximum Gasteiger partial charge on any atom is 0.123 e. The summed E-state index contributed by atoms with van der Waals surface area (Å²) in [6, 6.07) is 5.67. The van der Waals surface area contributed by atoms with Crippen molar-refractivity contribution in [2.45, 2.75) is 12.5 Å². The van der Waals surface area contributed by atoms with Crippen molar-refractivity contribution in [2.24, 2.45) is 5.73 Å². The summed E-state index contributed by atoms with van der Waals surface area (Å²) in [6.07, 6.45) is 1.02. The van der Waals surface area contributed by atoms with Crippen LogP contribution >= 0.6 is 11.6 Å². The van der Waals surface area contributed by atoms with Gasteiger partial charge in [0, 0.05) is 18.0 Å². The van der Waals surface area contributed by atoms with Gasteiger partial charge in [0.25, 0.3) is 0 Å². The fourth-order valence-corrected chi connectivity index (χ4v) is 1.62. The van der Waals surface area contributed by atoms with E-state index in [1.807, 2.05) is 18.2 Å². The van der Waals surface area contributed by atoms with E-state index in [9.17, 15) is 0 Å². The molecule has 0 bridgehead atoms. The van der Waals surface area contributed by atoms with Crippen molar-refractivity contribution in [3.8, 4) is 5.75 Å². The molecular weight excluding hydrogens is 174 g/mol. The topological polar surface area (TPSA) is 35.2 Å². The molecule has 0 fully saturated rings. The number of nitrogens with two attached hydrogens (primary N) is 1. The molecule has 1 heterocycles. The summed E-state index contributed by atoms with van der Waals surface area (Å²) in [7, 11) is 0. The molecule has 0 aromatic heterocycles. The molecule has 3 heteroatoms. The third kappa shape index (κ3) is 1.28. The summed E-state index contributed by atoms with van der Waals surface area (Å²) in [5, 5.41) is 0.759. The predicted octanol–water partition coefficient (Wildman–Crippen LogP) is 1.60. The maximum absolute atomic E-state index is 5.83. The van der Waals surface area contributed by atoms with Gasteiger partial charge in [0.2, 0.25) is 0 Å². The molecule has 1 aliphatic heterocycles. The van der Waals surface area contributed by atoms with Gasteiger partial charge in [0.05, 0.1) is 0 Å². The molecular formula is C9H10ClNO. The van der Waals surface area contributed by atoms with Gasteiger partial charge in [-0.05, 0) is 23.8 Å². The Hall–Kier alpha value is -0.730. The number of ether oxygens (including phenoxy) is 1. The van der Waals surface area contributed by atoms with E-state index in [1.54, 1.807) is 0 Å². The van der Waals surface area contributed by atoms with Crippen LogP contribution in [0, 0.1) is 0 Å². The maximum atomic E-state index is 5.83. The molecule has 0 spiro atoms. The second-order valence-electron chi connectivity index (χ2n) is 2.93. The molecule has 0 radical (unpaired) electrons. The van der Waals surface area contributed by atoms with Gasteiger partial charge in [-0.2, -0.15) is 0 Å². The first-order valence-electron chi connectivity index (χ1n) is 3.95. The third-order valence-corrected chi connectivity index (χ3v) is 2.26. The van der Waals surface area contributed by atoms with Gasteiger partial charge in [-0.25, -0.2) is 0 Å². The SMILES string of the molecule is NC[C@@H]1Cc2cc(Cl)ccc2O1. The highest BCUT2D eigenvalue weighted by Gasteiger charge is 2.21. The zero-order valence-electron chi connectivity index (χ0n) is 6.59. The average molecular weight is 184 g/mol. The zero-order valence-corrected chi connectivity index (χ0v) is 7.34. The minimum atomic E-state index is 0.137. The highest BCUT2D eigenvalue weighted by atomic mass is 35.5. The molecule has 2 rings (SSSR count).